The molecule has 35 heavy (non-hydrogen) atoms. The molecule has 0 radical (unpaired) electrons. The molecule has 1 saturated heterocycles. The standard InChI is InChI=1S/C27H23BrN4O2S/c1-16-13-19(17(2)31(16)22-9-4-3-7-20(22)28)26-25(21-8-5-6-12-29-21)30-27(35)32(26)18-10-11-23-24(14-18)34-15-33-23/h3-14,25-26H,15H2,1-2H3,(H,30,35)/t25-,26-/m1/s1. The fourth-order valence-corrected chi connectivity index (χ4v) is 5.88. The van der Waals surface area contributed by atoms with E-state index in [1.807, 2.05) is 48.7 Å². The molecule has 2 aromatic carbocycles. The number of anilines is 1. The van der Waals surface area contributed by atoms with Crippen LogP contribution < -0.4 is 19.7 Å². The summed E-state index contributed by atoms with van der Waals surface area (Å²) in [5.41, 5.74) is 6.46. The van der Waals surface area contributed by atoms with Crippen LogP contribution >= 0.6 is 28.1 Å². The van der Waals surface area contributed by atoms with Crippen LogP contribution in [-0.2, 0) is 0 Å². The van der Waals surface area contributed by atoms with Crippen LogP contribution in [-0.4, -0.2) is 21.5 Å². The number of rotatable bonds is 4. The molecule has 2 atom stereocenters. The second kappa shape index (κ2) is 8.70. The Hall–Kier alpha value is -3.36. The average Bonchev–Trinajstić information content (AvgIpc) is 3.55. The first-order valence-electron chi connectivity index (χ1n) is 11.4. The van der Waals surface area contributed by atoms with Gasteiger partial charge in [0.2, 0.25) is 6.79 Å². The van der Waals surface area contributed by atoms with Crippen LogP contribution in [0.25, 0.3) is 5.69 Å². The molecule has 4 heterocycles. The highest BCUT2D eigenvalue weighted by Crippen LogP contribution is 2.46. The number of hydrogen-bond donors (Lipinski definition) is 1. The molecular weight excluding hydrogens is 524 g/mol. The van der Waals surface area contributed by atoms with E-state index in [1.54, 1.807) is 0 Å². The summed E-state index contributed by atoms with van der Waals surface area (Å²) in [5.74, 6) is 1.47. The monoisotopic (exact) mass is 546 g/mol. The normalized spacial score (nSPS) is 18.7. The SMILES string of the molecule is Cc1cc([C@@H]2[C@@H](c3ccccn3)NC(=S)N2c2ccc3c(c2)OCO3)c(C)n1-c1ccccc1Br. The first-order valence-corrected chi connectivity index (χ1v) is 12.6. The summed E-state index contributed by atoms with van der Waals surface area (Å²) in [6.45, 7) is 4.53. The van der Waals surface area contributed by atoms with Crippen LogP contribution in [0, 0.1) is 13.8 Å². The maximum Gasteiger partial charge on any atom is 0.231 e. The number of para-hydroxylation sites is 1. The van der Waals surface area contributed by atoms with Crippen LogP contribution in [0.1, 0.15) is 34.7 Å². The Bertz CT molecular complexity index is 1440. The van der Waals surface area contributed by atoms with E-state index >= 15 is 0 Å². The highest BCUT2D eigenvalue weighted by molar-refractivity contribution is 9.10. The summed E-state index contributed by atoms with van der Waals surface area (Å²) in [4.78, 5) is 6.85. The molecule has 1 fully saturated rings. The summed E-state index contributed by atoms with van der Waals surface area (Å²) >= 11 is 9.63. The van der Waals surface area contributed by atoms with Gasteiger partial charge in [-0.1, -0.05) is 18.2 Å². The highest BCUT2D eigenvalue weighted by Gasteiger charge is 2.42. The van der Waals surface area contributed by atoms with Gasteiger partial charge in [0, 0.05) is 33.8 Å². The van der Waals surface area contributed by atoms with Crippen molar-refractivity contribution >= 4 is 38.9 Å². The molecule has 0 bridgehead atoms. The van der Waals surface area contributed by atoms with Crippen LogP contribution in [0.3, 0.4) is 0 Å². The molecular formula is C27H23BrN4O2S. The second-order valence-corrected chi connectivity index (χ2v) is 9.89. The number of fused-ring (bicyclic) bond motifs is 1. The molecule has 2 aromatic heterocycles. The fourth-order valence-electron chi connectivity index (χ4n) is 5.07. The van der Waals surface area contributed by atoms with E-state index < -0.39 is 0 Å². The zero-order valence-corrected chi connectivity index (χ0v) is 21.6. The molecule has 4 aromatic rings. The number of thiocarbonyl (C=S) groups is 1. The molecule has 0 amide bonds. The molecule has 0 unspecified atom stereocenters. The van der Waals surface area contributed by atoms with Crippen molar-refractivity contribution in [3.63, 3.8) is 0 Å². The van der Waals surface area contributed by atoms with Gasteiger partial charge in [0.05, 0.1) is 23.5 Å². The van der Waals surface area contributed by atoms with Crippen molar-refractivity contribution in [3.05, 3.63) is 100 Å². The third-order valence-corrected chi connectivity index (χ3v) is 7.60. The van der Waals surface area contributed by atoms with E-state index in [4.69, 9.17) is 21.7 Å². The largest absolute Gasteiger partial charge is 0.454 e. The van der Waals surface area contributed by atoms with Gasteiger partial charge in [0.15, 0.2) is 16.6 Å². The van der Waals surface area contributed by atoms with E-state index in [-0.39, 0.29) is 18.9 Å². The van der Waals surface area contributed by atoms with Crippen molar-refractivity contribution in [3.8, 4) is 17.2 Å². The minimum Gasteiger partial charge on any atom is -0.454 e. The van der Waals surface area contributed by atoms with Crippen molar-refractivity contribution in [2.45, 2.75) is 25.9 Å². The van der Waals surface area contributed by atoms with Gasteiger partial charge in [-0.2, -0.15) is 0 Å². The summed E-state index contributed by atoms with van der Waals surface area (Å²) in [7, 11) is 0. The number of nitrogens with zero attached hydrogens (tertiary/aromatic N) is 3. The number of nitrogens with one attached hydrogen (secondary N) is 1. The van der Waals surface area contributed by atoms with E-state index in [0.717, 1.165) is 44.4 Å². The maximum atomic E-state index is 5.90. The van der Waals surface area contributed by atoms with Crippen molar-refractivity contribution in [2.75, 3.05) is 11.7 Å². The molecule has 2 aliphatic rings. The van der Waals surface area contributed by atoms with Crippen LogP contribution in [0.5, 0.6) is 11.5 Å². The molecule has 1 N–H and O–H groups in total. The molecule has 0 aliphatic carbocycles. The number of hydrogen-bond acceptors (Lipinski definition) is 4. The lowest BCUT2D eigenvalue weighted by atomic mass is 9.96. The number of pyridine rings is 1. The molecule has 6 nitrogen and oxygen atoms in total. The molecule has 0 spiro atoms. The summed E-state index contributed by atoms with van der Waals surface area (Å²) in [6, 6.07) is 22.2. The maximum absolute atomic E-state index is 5.90. The molecule has 6 rings (SSSR count). The van der Waals surface area contributed by atoms with Gasteiger partial charge in [0.25, 0.3) is 0 Å². The van der Waals surface area contributed by atoms with Gasteiger partial charge in [-0.25, -0.2) is 0 Å². The average molecular weight is 547 g/mol. The summed E-state index contributed by atoms with van der Waals surface area (Å²) in [6.07, 6.45) is 1.82. The summed E-state index contributed by atoms with van der Waals surface area (Å²) in [5, 5.41) is 4.19. The Morgan fingerprint density at radius 1 is 1.00 bits per heavy atom. The Kier molecular flexibility index (Phi) is 5.50. The third-order valence-electron chi connectivity index (χ3n) is 6.61. The molecule has 2 aliphatic heterocycles. The third kappa shape index (κ3) is 3.68. The highest BCUT2D eigenvalue weighted by atomic mass is 79.9. The van der Waals surface area contributed by atoms with Crippen molar-refractivity contribution in [2.24, 2.45) is 0 Å². The quantitative estimate of drug-likeness (QED) is 0.309. The first-order chi connectivity index (χ1) is 17.0. The van der Waals surface area contributed by atoms with E-state index in [2.05, 4.69) is 73.8 Å². The Morgan fingerprint density at radius 2 is 1.80 bits per heavy atom. The van der Waals surface area contributed by atoms with Crippen molar-refractivity contribution in [1.29, 1.82) is 0 Å². The second-order valence-electron chi connectivity index (χ2n) is 8.65. The lowest BCUT2D eigenvalue weighted by molar-refractivity contribution is 0.174. The predicted octanol–water partition coefficient (Wildman–Crippen LogP) is 6.16. The zero-order valence-electron chi connectivity index (χ0n) is 19.2. The van der Waals surface area contributed by atoms with Gasteiger partial charge in [-0.15, -0.1) is 0 Å². The van der Waals surface area contributed by atoms with E-state index in [1.165, 1.54) is 5.56 Å². The molecule has 0 saturated carbocycles. The Labute approximate surface area is 217 Å². The first kappa shape index (κ1) is 22.1. The van der Waals surface area contributed by atoms with Gasteiger partial charge in [-0.05, 0) is 90.0 Å². The topological polar surface area (TPSA) is 51.6 Å². The molecule has 8 heteroatoms. The van der Waals surface area contributed by atoms with Crippen LogP contribution in [0.15, 0.2) is 77.4 Å². The van der Waals surface area contributed by atoms with E-state index in [0.29, 0.717) is 5.11 Å². The Morgan fingerprint density at radius 3 is 2.60 bits per heavy atom. The van der Waals surface area contributed by atoms with Gasteiger partial charge in [-0.3, -0.25) is 4.98 Å². The van der Waals surface area contributed by atoms with Gasteiger partial charge >= 0.3 is 0 Å². The minimum atomic E-state index is -0.123. The minimum absolute atomic E-state index is 0.111. The zero-order chi connectivity index (χ0) is 24.1. The van der Waals surface area contributed by atoms with Gasteiger partial charge < -0.3 is 24.3 Å². The van der Waals surface area contributed by atoms with Crippen LogP contribution in [0.4, 0.5) is 5.69 Å². The van der Waals surface area contributed by atoms with Crippen LogP contribution in [0.2, 0.25) is 0 Å². The Balaban J connectivity index is 1.52. The number of ether oxygens (including phenoxy) is 2. The molecule has 176 valence electrons. The lowest BCUT2D eigenvalue weighted by Gasteiger charge is -2.28. The van der Waals surface area contributed by atoms with Crippen molar-refractivity contribution < 1.29 is 9.47 Å². The number of halogens is 1. The van der Waals surface area contributed by atoms with Crippen molar-refractivity contribution in [1.82, 2.24) is 14.9 Å². The number of aryl methyl sites for hydroxylation is 1. The lowest BCUT2D eigenvalue weighted by Crippen LogP contribution is -2.29. The van der Waals surface area contributed by atoms with E-state index in [9.17, 15) is 0 Å². The fraction of sp³-hybridized carbons (Fsp3) is 0.185. The summed E-state index contributed by atoms with van der Waals surface area (Å²) < 4.78 is 14.5. The number of aromatic nitrogens is 2. The van der Waals surface area contributed by atoms with Gasteiger partial charge in [0.1, 0.15) is 0 Å². The smallest absolute Gasteiger partial charge is 0.231 e. The number of benzene rings is 2. The predicted molar refractivity (Wildman–Crippen MR) is 143 cm³/mol.